The molecular weight excluding hydrogens is 256 g/mol. The summed E-state index contributed by atoms with van der Waals surface area (Å²) in [6, 6.07) is 8.72. The number of hydrogen-bond donors (Lipinski definition) is 1. The molecule has 0 aliphatic carbocycles. The first-order chi connectivity index (χ1) is 9.58. The SMILES string of the molecule is CC(NCCc1ccn(C)n1)c1ccccc1[N+](=O)[O-]. The number of aryl methyl sites for hydroxylation is 1. The summed E-state index contributed by atoms with van der Waals surface area (Å²) in [7, 11) is 1.88. The van der Waals surface area contributed by atoms with Crippen molar-refractivity contribution in [2.24, 2.45) is 7.05 Å². The maximum atomic E-state index is 11.0. The van der Waals surface area contributed by atoms with E-state index in [1.165, 1.54) is 6.07 Å². The topological polar surface area (TPSA) is 73.0 Å². The second-order valence-electron chi connectivity index (χ2n) is 4.72. The molecule has 0 aliphatic rings. The van der Waals surface area contributed by atoms with Crippen LogP contribution in [0, 0.1) is 10.1 Å². The maximum absolute atomic E-state index is 11.0. The molecule has 0 fully saturated rings. The van der Waals surface area contributed by atoms with Gasteiger partial charge in [-0.15, -0.1) is 0 Å². The Bertz CT molecular complexity index is 594. The Labute approximate surface area is 117 Å². The highest BCUT2D eigenvalue weighted by Gasteiger charge is 2.17. The van der Waals surface area contributed by atoms with Gasteiger partial charge in [0.15, 0.2) is 0 Å². The van der Waals surface area contributed by atoms with Gasteiger partial charge in [-0.1, -0.05) is 18.2 Å². The Balaban J connectivity index is 1.95. The standard InChI is InChI=1S/C14H18N4O2/c1-11(13-5-3-4-6-14(13)18(19)20)15-9-7-12-8-10-17(2)16-12/h3-6,8,10-11,15H,7,9H2,1-2H3. The van der Waals surface area contributed by atoms with Gasteiger partial charge in [-0.2, -0.15) is 5.10 Å². The van der Waals surface area contributed by atoms with Crippen LogP contribution in [0.15, 0.2) is 36.5 Å². The number of nitrogens with zero attached hydrogens (tertiary/aromatic N) is 3. The number of rotatable bonds is 6. The fourth-order valence-electron chi connectivity index (χ4n) is 2.14. The molecule has 20 heavy (non-hydrogen) atoms. The monoisotopic (exact) mass is 274 g/mol. The lowest BCUT2D eigenvalue weighted by Crippen LogP contribution is -2.22. The van der Waals surface area contributed by atoms with Crippen LogP contribution in [0.3, 0.4) is 0 Å². The fourth-order valence-corrected chi connectivity index (χ4v) is 2.14. The molecular formula is C14H18N4O2. The highest BCUT2D eigenvalue weighted by Crippen LogP contribution is 2.24. The van der Waals surface area contributed by atoms with Crippen molar-refractivity contribution in [3.8, 4) is 0 Å². The largest absolute Gasteiger partial charge is 0.310 e. The lowest BCUT2D eigenvalue weighted by molar-refractivity contribution is -0.385. The van der Waals surface area contributed by atoms with Crippen molar-refractivity contribution >= 4 is 5.69 Å². The molecule has 106 valence electrons. The van der Waals surface area contributed by atoms with Crippen LogP contribution in [0.2, 0.25) is 0 Å². The summed E-state index contributed by atoms with van der Waals surface area (Å²) in [4.78, 5) is 10.6. The molecule has 2 aromatic rings. The van der Waals surface area contributed by atoms with Crippen LogP contribution in [0.1, 0.15) is 24.2 Å². The van der Waals surface area contributed by atoms with E-state index in [0.717, 1.165) is 18.7 Å². The Kier molecular flexibility index (Phi) is 4.47. The first kappa shape index (κ1) is 14.2. The van der Waals surface area contributed by atoms with Gasteiger partial charge >= 0.3 is 0 Å². The molecule has 1 N–H and O–H groups in total. The summed E-state index contributed by atoms with van der Waals surface area (Å²) in [6.45, 7) is 2.66. The minimum absolute atomic E-state index is 0.0692. The maximum Gasteiger partial charge on any atom is 0.274 e. The normalized spacial score (nSPS) is 12.3. The van der Waals surface area contributed by atoms with Crippen molar-refractivity contribution in [3.63, 3.8) is 0 Å². The predicted octanol–water partition coefficient (Wildman–Crippen LogP) is 2.22. The van der Waals surface area contributed by atoms with Crippen LogP contribution in [-0.2, 0) is 13.5 Å². The van der Waals surface area contributed by atoms with E-state index >= 15 is 0 Å². The molecule has 0 amide bonds. The molecule has 1 atom stereocenters. The number of nitro benzene ring substituents is 1. The second-order valence-corrected chi connectivity index (χ2v) is 4.72. The molecule has 1 unspecified atom stereocenters. The van der Waals surface area contributed by atoms with Crippen LogP contribution in [0.5, 0.6) is 0 Å². The van der Waals surface area contributed by atoms with Gasteiger partial charge in [0.05, 0.1) is 10.6 Å². The van der Waals surface area contributed by atoms with Gasteiger partial charge in [0.1, 0.15) is 0 Å². The average Bonchev–Trinajstić information content (AvgIpc) is 2.84. The fraction of sp³-hybridized carbons (Fsp3) is 0.357. The van der Waals surface area contributed by atoms with Crippen LogP contribution >= 0.6 is 0 Å². The summed E-state index contributed by atoms with van der Waals surface area (Å²) in [5, 5.41) is 18.6. The highest BCUT2D eigenvalue weighted by atomic mass is 16.6. The number of hydrogen-bond acceptors (Lipinski definition) is 4. The Morgan fingerprint density at radius 2 is 2.15 bits per heavy atom. The smallest absolute Gasteiger partial charge is 0.274 e. The van der Waals surface area contributed by atoms with Gasteiger partial charge in [-0.25, -0.2) is 0 Å². The third-order valence-electron chi connectivity index (χ3n) is 3.20. The van der Waals surface area contributed by atoms with E-state index in [2.05, 4.69) is 10.4 Å². The quantitative estimate of drug-likeness (QED) is 0.647. The number of aromatic nitrogens is 2. The summed E-state index contributed by atoms with van der Waals surface area (Å²) >= 11 is 0. The zero-order chi connectivity index (χ0) is 14.5. The van der Waals surface area contributed by atoms with E-state index in [1.807, 2.05) is 32.3 Å². The van der Waals surface area contributed by atoms with E-state index in [4.69, 9.17) is 0 Å². The highest BCUT2D eigenvalue weighted by molar-refractivity contribution is 5.41. The van der Waals surface area contributed by atoms with Crippen molar-refractivity contribution in [1.82, 2.24) is 15.1 Å². The summed E-state index contributed by atoms with van der Waals surface area (Å²) in [6.07, 6.45) is 2.70. The van der Waals surface area contributed by atoms with Crippen LogP contribution in [-0.4, -0.2) is 21.2 Å². The zero-order valence-corrected chi connectivity index (χ0v) is 11.6. The van der Waals surface area contributed by atoms with Gasteiger partial charge < -0.3 is 5.32 Å². The lowest BCUT2D eigenvalue weighted by atomic mass is 10.1. The summed E-state index contributed by atoms with van der Waals surface area (Å²) in [5.74, 6) is 0. The Hall–Kier alpha value is -2.21. The summed E-state index contributed by atoms with van der Waals surface area (Å²) < 4.78 is 1.76. The first-order valence-electron chi connectivity index (χ1n) is 6.53. The van der Waals surface area contributed by atoms with E-state index in [9.17, 15) is 10.1 Å². The van der Waals surface area contributed by atoms with Gasteiger partial charge in [-0.3, -0.25) is 14.8 Å². The molecule has 6 heteroatoms. The number of para-hydroxylation sites is 1. The van der Waals surface area contributed by atoms with Gasteiger partial charge in [0.25, 0.3) is 5.69 Å². The van der Waals surface area contributed by atoms with E-state index in [1.54, 1.807) is 16.8 Å². The number of nitro groups is 1. The molecule has 0 spiro atoms. The molecule has 0 aliphatic heterocycles. The van der Waals surface area contributed by atoms with Crippen LogP contribution in [0.25, 0.3) is 0 Å². The lowest BCUT2D eigenvalue weighted by Gasteiger charge is -2.13. The van der Waals surface area contributed by atoms with Gasteiger partial charge in [0, 0.05) is 43.9 Å². The molecule has 2 rings (SSSR count). The van der Waals surface area contributed by atoms with Crippen molar-refractivity contribution in [1.29, 1.82) is 0 Å². The Morgan fingerprint density at radius 3 is 2.80 bits per heavy atom. The first-order valence-corrected chi connectivity index (χ1v) is 6.53. The predicted molar refractivity (Wildman–Crippen MR) is 76.4 cm³/mol. The summed E-state index contributed by atoms with van der Waals surface area (Å²) in [5.41, 5.74) is 1.87. The van der Waals surface area contributed by atoms with Gasteiger partial charge in [-0.05, 0) is 13.0 Å². The third-order valence-corrected chi connectivity index (χ3v) is 3.20. The Morgan fingerprint density at radius 1 is 1.40 bits per heavy atom. The third kappa shape index (κ3) is 3.42. The van der Waals surface area contributed by atoms with Crippen molar-refractivity contribution < 1.29 is 4.92 Å². The van der Waals surface area contributed by atoms with Crippen LogP contribution in [0.4, 0.5) is 5.69 Å². The van der Waals surface area contributed by atoms with Gasteiger partial charge in [0.2, 0.25) is 0 Å². The minimum atomic E-state index is -0.341. The minimum Gasteiger partial charge on any atom is -0.310 e. The number of nitrogens with one attached hydrogen (secondary N) is 1. The zero-order valence-electron chi connectivity index (χ0n) is 11.6. The van der Waals surface area contributed by atoms with E-state index in [0.29, 0.717) is 5.56 Å². The molecule has 1 heterocycles. The molecule has 6 nitrogen and oxygen atoms in total. The molecule has 0 bridgehead atoms. The molecule has 0 saturated heterocycles. The van der Waals surface area contributed by atoms with Crippen molar-refractivity contribution in [3.05, 3.63) is 57.9 Å². The van der Waals surface area contributed by atoms with Crippen LogP contribution < -0.4 is 5.32 Å². The number of benzene rings is 1. The van der Waals surface area contributed by atoms with E-state index < -0.39 is 0 Å². The molecule has 0 saturated carbocycles. The molecule has 1 aromatic carbocycles. The van der Waals surface area contributed by atoms with Crippen molar-refractivity contribution in [2.45, 2.75) is 19.4 Å². The average molecular weight is 274 g/mol. The second kappa shape index (κ2) is 6.29. The van der Waals surface area contributed by atoms with E-state index in [-0.39, 0.29) is 16.7 Å². The molecule has 0 radical (unpaired) electrons. The molecule has 1 aromatic heterocycles. The van der Waals surface area contributed by atoms with Crippen molar-refractivity contribution in [2.75, 3.05) is 6.54 Å².